The highest BCUT2D eigenvalue weighted by Crippen LogP contribution is 2.42. The van der Waals surface area contributed by atoms with Gasteiger partial charge in [-0.3, -0.25) is 4.57 Å². The fourth-order valence-corrected chi connectivity index (χ4v) is 5.91. The Morgan fingerprint density at radius 2 is 1.02 bits per heavy atom. The quantitative estimate of drug-likeness (QED) is 0.230. The van der Waals surface area contributed by atoms with E-state index in [1.54, 1.807) is 0 Å². The van der Waals surface area contributed by atoms with Crippen molar-refractivity contribution in [2.75, 3.05) is 0 Å². The van der Waals surface area contributed by atoms with Crippen LogP contribution in [0.25, 0.3) is 67.3 Å². The molecule has 0 atom stereocenters. The molecule has 0 aliphatic rings. The van der Waals surface area contributed by atoms with Crippen molar-refractivity contribution in [1.82, 2.24) is 23.9 Å². The SMILES string of the molecule is Cc1cccc2c3c4ccccc4n(-c4nc(-c5ccccc5)nc(-c5ccccc5)n4)c3c(-c3ccccc3)n12. The van der Waals surface area contributed by atoms with E-state index in [1.165, 1.54) is 11.1 Å². The highest BCUT2D eigenvalue weighted by molar-refractivity contribution is 6.21. The average Bonchev–Trinajstić information content (AvgIpc) is 3.56. The van der Waals surface area contributed by atoms with Crippen LogP contribution in [-0.4, -0.2) is 23.9 Å². The summed E-state index contributed by atoms with van der Waals surface area (Å²) in [5, 5.41) is 2.35. The summed E-state index contributed by atoms with van der Waals surface area (Å²) in [5.41, 5.74) is 8.61. The van der Waals surface area contributed by atoms with Gasteiger partial charge in [-0.1, -0.05) is 115 Å². The molecule has 0 unspecified atom stereocenters. The first-order chi connectivity index (χ1) is 20.3. The molecule has 0 aliphatic carbocycles. The summed E-state index contributed by atoms with van der Waals surface area (Å²) in [6, 6.07) is 45.9. The predicted molar refractivity (Wildman–Crippen MR) is 166 cm³/mol. The van der Waals surface area contributed by atoms with Crippen LogP contribution in [-0.2, 0) is 0 Å². The normalized spacial score (nSPS) is 11.5. The van der Waals surface area contributed by atoms with Gasteiger partial charge in [-0.25, -0.2) is 4.98 Å². The lowest BCUT2D eigenvalue weighted by Gasteiger charge is -2.13. The van der Waals surface area contributed by atoms with Gasteiger partial charge in [0, 0.05) is 33.2 Å². The van der Waals surface area contributed by atoms with E-state index in [-0.39, 0.29) is 0 Å². The Kier molecular flexibility index (Phi) is 5.28. The number of para-hydroxylation sites is 1. The van der Waals surface area contributed by atoms with Crippen LogP contribution < -0.4 is 0 Å². The minimum atomic E-state index is 0.592. The molecule has 8 rings (SSSR count). The molecule has 0 spiro atoms. The van der Waals surface area contributed by atoms with Gasteiger partial charge in [0.25, 0.3) is 0 Å². The zero-order valence-corrected chi connectivity index (χ0v) is 22.4. The van der Waals surface area contributed by atoms with Crippen molar-refractivity contribution in [3.05, 3.63) is 139 Å². The first kappa shape index (κ1) is 23.3. The van der Waals surface area contributed by atoms with Gasteiger partial charge in [-0.05, 0) is 25.1 Å². The molecule has 8 aromatic rings. The first-order valence-corrected chi connectivity index (χ1v) is 13.7. The maximum absolute atomic E-state index is 5.13. The van der Waals surface area contributed by atoms with E-state index in [9.17, 15) is 0 Å². The standard InChI is InChI=1S/C36H25N5/c1-24-14-13-23-30-31-28-21-11-12-22-29(28)41(33(31)32(40(24)30)25-15-5-2-6-16-25)36-38-34(26-17-7-3-8-18-26)37-35(39-36)27-19-9-4-10-20-27/h2-23H,1H3. The van der Waals surface area contributed by atoms with Gasteiger partial charge in [0.15, 0.2) is 11.6 Å². The van der Waals surface area contributed by atoms with E-state index in [0.29, 0.717) is 17.6 Å². The van der Waals surface area contributed by atoms with Crippen LogP contribution in [0.1, 0.15) is 5.69 Å². The molecular formula is C36H25N5. The lowest BCUT2D eigenvalue weighted by Crippen LogP contribution is -2.07. The molecule has 41 heavy (non-hydrogen) atoms. The number of nitrogens with zero attached hydrogens (tertiary/aromatic N) is 5. The van der Waals surface area contributed by atoms with Crippen LogP contribution in [0.2, 0.25) is 0 Å². The molecule has 4 heterocycles. The summed E-state index contributed by atoms with van der Waals surface area (Å²) >= 11 is 0. The number of hydrogen-bond acceptors (Lipinski definition) is 3. The molecule has 0 saturated heterocycles. The van der Waals surface area contributed by atoms with E-state index in [1.807, 2.05) is 60.7 Å². The van der Waals surface area contributed by atoms with Gasteiger partial charge in [-0.2, -0.15) is 9.97 Å². The Balaban J connectivity index is 1.56. The van der Waals surface area contributed by atoms with E-state index >= 15 is 0 Å². The van der Waals surface area contributed by atoms with Crippen molar-refractivity contribution in [1.29, 1.82) is 0 Å². The smallest absolute Gasteiger partial charge is 0.238 e. The summed E-state index contributed by atoms with van der Waals surface area (Å²) in [4.78, 5) is 15.2. The lowest BCUT2D eigenvalue weighted by atomic mass is 10.1. The molecule has 5 nitrogen and oxygen atoms in total. The Bertz CT molecular complexity index is 2140. The minimum absolute atomic E-state index is 0.592. The maximum atomic E-state index is 5.13. The fourth-order valence-electron chi connectivity index (χ4n) is 5.91. The van der Waals surface area contributed by atoms with E-state index in [4.69, 9.17) is 15.0 Å². The van der Waals surface area contributed by atoms with Crippen LogP contribution in [0, 0.1) is 6.92 Å². The third-order valence-corrected chi connectivity index (χ3v) is 7.70. The Morgan fingerprint density at radius 3 is 1.66 bits per heavy atom. The molecule has 0 N–H and O–H groups in total. The van der Waals surface area contributed by atoms with Crippen molar-refractivity contribution < 1.29 is 0 Å². The van der Waals surface area contributed by atoms with Crippen LogP contribution in [0.15, 0.2) is 133 Å². The molecule has 4 aromatic heterocycles. The number of aryl methyl sites for hydroxylation is 1. The Labute approximate surface area is 237 Å². The molecular weight excluding hydrogens is 502 g/mol. The summed E-state index contributed by atoms with van der Waals surface area (Å²) in [6.45, 7) is 2.16. The van der Waals surface area contributed by atoms with Crippen LogP contribution in [0.4, 0.5) is 0 Å². The number of hydrogen-bond donors (Lipinski definition) is 0. The lowest BCUT2D eigenvalue weighted by molar-refractivity contribution is 0.952. The number of aromatic nitrogens is 5. The second-order valence-electron chi connectivity index (χ2n) is 10.2. The molecule has 0 amide bonds. The second kappa shape index (κ2) is 9.28. The molecule has 194 valence electrons. The van der Waals surface area contributed by atoms with Crippen molar-refractivity contribution >= 4 is 27.3 Å². The van der Waals surface area contributed by atoms with E-state index < -0.39 is 0 Å². The molecule has 5 heteroatoms. The number of pyridine rings is 1. The van der Waals surface area contributed by atoms with Gasteiger partial charge < -0.3 is 4.40 Å². The third-order valence-electron chi connectivity index (χ3n) is 7.70. The van der Waals surface area contributed by atoms with Gasteiger partial charge in [-0.15, -0.1) is 0 Å². The third kappa shape index (κ3) is 3.67. The van der Waals surface area contributed by atoms with Gasteiger partial charge in [0.1, 0.15) is 0 Å². The highest BCUT2D eigenvalue weighted by atomic mass is 15.2. The highest BCUT2D eigenvalue weighted by Gasteiger charge is 2.25. The molecule has 0 fully saturated rings. The molecule has 0 bridgehead atoms. The second-order valence-corrected chi connectivity index (χ2v) is 10.2. The number of fused-ring (bicyclic) bond motifs is 5. The topological polar surface area (TPSA) is 48.0 Å². The summed E-state index contributed by atoms with van der Waals surface area (Å²) in [6.07, 6.45) is 0. The van der Waals surface area contributed by atoms with E-state index in [2.05, 4.69) is 88.7 Å². The summed E-state index contributed by atoms with van der Waals surface area (Å²) < 4.78 is 4.58. The minimum Gasteiger partial charge on any atom is -0.311 e. The van der Waals surface area contributed by atoms with Crippen molar-refractivity contribution in [3.8, 4) is 40.0 Å². The van der Waals surface area contributed by atoms with E-state index in [0.717, 1.165) is 44.3 Å². The van der Waals surface area contributed by atoms with Gasteiger partial charge in [0.05, 0.1) is 22.2 Å². The molecule has 0 radical (unpaired) electrons. The fraction of sp³-hybridized carbons (Fsp3) is 0.0278. The zero-order chi connectivity index (χ0) is 27.3. The van der Waals surface area contributed by atoms with Crippen molar-refractivity contribution in [2.45, 2.75) is 6.92 Å². The maximum Gasteiger partial charge on any atom is 0.238 e. The predicted octanol–water partition coefficient (Wildman–Crippen LogP) is 8.53. The van der Waals surface area contributed by atoms with Gasteiger partial charge >= 0.3 is 0 Å². The Morgan fingerprint density at radius 1 is 0.488 bits per heavy atom. The first-order valence-electron chi connectivity index (χ1n) is 13.7. The van der Waals surface area contributed by atoms with Crippen LogP contribution in [0.3, 0.4) is 0 Å². The van der Waals surface area contributed by atoms with Gasteiger partial charge in [0.2, 0.25) is 5.95 Å². The van der Waals surface area contributed by atoms with Crippen molar-refractivity contribution in [2.24, 2.45) is 0 Å². The van der Waals surface area contributed by atoms with Crippen molar-refractivity contribution in [3.63, 3.8) is 0 Å². The molecule has 4 aromatic carbocycles. The Hall–Kier alpha value is -5.55. The average molecular weight is 528 g/mol. The molecule has 0 saturated carbocycles. The summed E-state index contributed by atoms with van der Waals surface area (Å²) in [7, 11) is 0. The van der Waals surface area contributed by atoms with Crippen LogP contribution in [0.5, 0.6) is 0 Å². The number of rotatable bonds is 4. The largest absolute Gasteiger partial charge is 0.311 e. The molecule has 0 aliphatic heterocycles. The van der Waals surface area contributed by atoms with Crippen LogP contribution >= 0.6 is 0 Å². The number of benzene rings is 4. The summed E-state index contributed by atoms with van der Waals surface area (Å²) in [5.74, 6) is 1.87. The zero-order valence-electron chi connectivity index (χ0n) is 22.4. The monoisotopic (exact) mass is 527 g/mol.